The Labute approximate surface area is 145 Å². The van der Waals surface area contributed by atoms with Gasteiger partial charge in [0, 0.05) is 0 Å². The number of aryl methyl sites for hydroxylation is 1. The standard InChI is InChI=1S/C24H24/c1-2-8-18-13-14-24-22(15-18)17-21(19-9-4-3-5-10-19)16-20-11-6-7-12-23(20)24/h3-7,9-15,21H,2,8,16-17H2,1H3. The molecule has 0 saturated heterocycles. The Morgan fingerprint density at radius 1 is 0.750 bits per heavy atom. The van der Waals surface area contributed by atoms with Crippen LogP contribution < -0.4 is 0 Å². The van der Waals surface area contributed by atoms with Gasteiger partial charge in [0.1, 0.15) is 0 Å². The van der Waals surface area contributed by atoms with Gasteiger partial charge in [-0.3, -0.25) is 0 Å². The summed E-state index contributed by atoms with van der Waals surface area (Å²) in [7, 11) is 0. The van der Waals surface area contributed by atoms with Crippen molar-refractivity contribution in [2.75, 3.05) is 0 Å². The van der Waals surface area contributed by atoms with E-state index in [-0.39, 0.29) is 0 Å². The zero-order chi connectivity index (χ0) is 16.4. The number of fused-ring (bicyclic) bond motifs is 3. The average molecular weight is 312 g/mol. The zero-order valence-corrected chi connectivity index (χ0v) is 14.3. The molecule has 0 radical (unpaired) electrons. The molecule has 0 heterocycles. The van der Waals surface area contributed by atoms with Gasteiger partial charge in [0.05, 0.1) is 0 Å². The highest BCUT2D eigenvalue weighted by atomic mass is 14.3. The largest absolute Gasteiger partial charge is 0.0651 e. The minimum Gasteiger partial charge on any atom is -0.0651 e. The summed E-state index contributed by atoms with van der Waals surface area (Å²) < 4.78 is 0. The maximum absolute atomic E-state index is 2.46. The van der Waals surface area contributed by atoms with Crippen LogP contribution in [0.15, 0.2) is 72.8 Å². The van der Waals surface area contributed by atoms with Crippen molar-refractivity contribution >= 4 is 0 Å². The van der Waals surface area contributed by atoms with Crippen LogP contribution in [0.1, 0.15) is 41.5 Å². The lowest BCUT2D eigenvalue weighted by atomic mass is 9.88. The van der Waals surface area contributed by atoms with Gasteiger partial charge >= 0.3 is 0 Å². The van der Waals surface area contributed by atoms with Gasteiger partial charge in [-0.1, -0.05) is 86.1 Å². The van der Waals surface area contributed by atoms with Crippen molar-refractivity contribution in [2.24, 2.45) is 0 Å². The molecule has 1 unspecified atom stereocenters. The van der Waals surface area contributed by atoms with Gasteiger partial charge in [-0.05, 0) is 58.6 Å². The summed E-state index contributed by atoms with van der Waals surface area (Å²) in [5, 5.41) is 0. The molecule has 120 valence electrons. The lowest BCUT2D eigenvalue weighted by Gasteiger charge is -2.16. The van der Waals surface area contributed by atoms with Crippen LogP contribution in [0.5, 0.6) is 0 Å². The fraction of sp³-hybridized carbons (Fsp3) is 0.250. The summed E-state index contributed by atoms with van der Waals surface area (Å²) in [6, 6.07) is 27.1. The first-order chi connectivity index (χ1) is 11.8. The molecule has 0 bridgehead atoms. The normalized spacial score (nSPS) is 16.1. The van der Waals surface area contributed by atoms with E-state index in [0.717, 1.165) is 12.8 Å². The predicted molar refractivity (Wildman–Crippen MR) is 102 cm³/mol. The molecule has 3 aromatic rings. The topological polar surface area (TPSA) is 0 Å². The molecule has 0 fully saturated rings. The molecule has 0 aromatic heterocycles. The molecular weight excluding hydrogens is 288 g/mol. The SMILES string of the molecule is CCCc1ccc2c(c1)CC(c1ccccc1)Cc1ccccc1-2. The van der Waals surface area contributed by atoms with Crippen molar-refractivity contribution in [3.8, 4) is 11.1 Å². The Morgan fingerprint density at radius 2 is 1.46 bits per heavy atom. The summed E-state index contributed by atoms with van der Waals surface area (Å²) in [4.78, 5) is 0. The minimum absolute atomic E-state index is 0.561. The number of rotatable bonds is 3. The van der Waals surface area contributed by atoms with Crippen molar-refractivity contribution in [3.05, 3.63) is 95.1 Å². The van der Waals surface area contributed by atoms with Crippen molar-refractivity contribution in [3.63, 3.8) is 0 Å². The molecule has 1 aliphatic carbocycles. The van der Waals surface area contributed by atoms with Gasteiger partial charge in [0.15, 0.2) is 0 Å². The molecule has 4 rings (SSSR count). The van der Waals surface area contributed by atoms with Crippen molar-refractivity contribution in [1.29, 1.82) is 0 Å². The van der Waals surface area contributed by atoms with E-state index >= 15 is 0 Å². The van der Waals surface area contributed by atoms with Crippen LogP contribution in [0.25, 0.3) is 11.1 Å². The quantitative estimate of drug-likeness (QED) is 0.541. The van der Waals surface area contributed by atoms with Gasteiger partial charge in [-0.15, -0.1) is 0 Å². The molecule has 0 saturated carbocycles. The third-order valence-corrected chi connectivity index (χ3v) is 5.22. The molecule has 3 aromatic carbocycles. The number of hydrogen-bond acceptors (Lipinski definition) is 0. The van der Waals surface area contributed by atoms with Gasteiger partial charge in [0.2, 0.25) is 0 Å². The van der Waals surface area contributed by atoms with Gasteiger partial charge in [-0.25, -0.2) is 0 Å². The van der Waals surface area contributed by atoms with E-state index in [9.17, 15) is 0 Å². The number of hydrogen-bond donors (Lipinski definition) is 0. The van der Waals surface area contributed by atoms with Crippen LogP contribution in [0, 0.1) is 0 Å². The predicted octanol–water partition coefficient (Wildman–Crippen LogP) is 6.19. The lowest BCUT2D eigenvalue weighted by Crippen LogP contribution is -2.05. The van der Waals surface area contributed by atoms with Crippen LogP contribution in [0.3, 0.4) is 0 Å². The highest BCUT2D eigenvalue weighted by Crippen LogP contribution is 2.38. The molecule has 1 aliphatic rings. The summed E-state index contributed by atoms with van der Waals surface area (Å²) >= 11 is 0. The summed E-state index contributed by atoms with van der Waals surface area (Å²) in [6.07, 6.45) is 4.63. The van der Waals surface area contributed by atoms with E-state index in [1.54, 1.807) is 0 Å². The minimum atomic E-state index is 0.561. The van der Waals surface area contributed by atoms with E-state index in [1.165, 1.54) is 46.2 Å². The second kappa shape index (κ2) is 6.65. The molecule has 1 atom stereocenters. The van der Waals surface area contributed by atoms with Crippen LogP contribution in [0.2, 0.25) is 0 Å². The molecule has 0 N–H and O–H groups in total. The first kappa shape index (κ1) is 15.2. The molecule has 0 spiro atoms. The smallest absolute Gasteiger partial charge is 0.00806 e. The Morgan fingerprint density at radius 3 is 2.29 bits per heavy atom. The average Bonchev–Trinajstić information content (AvgIpc) is 2.79. The molecular formula is C24H24. The first-order valence-electron chi connectivity index (χ1n) is 9.10. The third-order valence-electron chi connectivity index (χ3n) is 5.22. The van der Waals surface area contributed by atoms with Crippen LogP contribution in [0.4, 0.5) is 0 Å². The Balaban J connectivity index is 1.84. The Bertz CT molecular complexity index is 830. The Hall–Kier alpha value is -2.34. The molecule has 24 heavy (non-hydrogen) atoms. The first-order valence-corrected chi connectivity index (χ1v) is 9.10. The summed E-state index contributed by atoms with van der Waals surface area (Å²) in [6.45, 7) is 2.26. The fourth-order valence-corrected chi connectivity index (χ4v) is 4.05. The van der Waals surface area contributed by atoms with Crippen molar-refractivity contribution in [1.82, 2.24) is 0 Å². The van der Waals surface area contributed by atoms with E-state index in [0.29, 0.717) is 5.92 Å². The fourth-order valence-electron chi connectivity index (χ4n) is 4.05. The molecule has 0 heteroatoms. The molecule has 0 aliphatic heterocycles. The molecule has 0 amide bonds. The van der Waals surface area contributed by atoms with E-state index in [1.807, 2.05) is 0 Å². The van der Waals surface area contributed by atoms with Gasteiger partial charge in [0.25, 0.3) is 0 Å². The van der Waals surface area contributed by atoms with Crippen LogP contribution >= 0.6 is 0 Å². The highest BCUT2D eigenvalue weighted by molar-refractivity contribution is 5.72. The summed E-state index contributed by atoms with van der Waals surface area (Å²) in [5.41, 5.74) is 8.79. The maximum atomic E-state index is 2.46. The second-order valence-corrected chi connectivity index (χ2v) is 6.91. The number of benzene rings is 3. The Kier molecular flexibility index (Phi) is 4.21. The second-order valence-electron chi connectivity index (χ2n) is 6.91. The van der Waals surface area contributed by atoms with Crippen LogP contribution in [-0.4, -0.2) is 0 Å². The monoisotopic (exact) mass is 312 g/mol. The van der Waals surface area contributed by atoms with Gasteiger partial charge in [-0.2, -0.15) is 0 Å². The maximum Gasteiger partial charge on any atom is -0.00806 e. The van der Waals surface area contributed by atoms with Crippen LogP contribution in [-0.2, 0) is 19.3 Å². The zero-order valence-electron chi connectivity index (χ0n) is 14.3. The van der Waals surface area contributed by atoms with E-state index in [4.69, 9.17) is 0 Å². The lowest BCUT2D eigenvalue weighted by molar-refractivity contribution is 0.688. The highest BCUT2D eigenvalue weighted by Gasteiger charge is 2.22. The summed E-state index contributed by atoms with van der Waals surface area (Å²) in [5.74, 6) is 0.561. The van der Waals surface area contributed by atoms with Crippen molar-refractivity contribution in [2.45, 2.75) is 38.5 Å². The van der Waals surface area contributed by atoms with Crippen molar-refractivity contribution < 1.29 is 0 Å². The third kappa shape index (κ3) is 2.89. The van der Waals surface area contributed by atoms with E-state index in [2.05, 4.69) is 79.7 Å². The molecule has 0 nitrogen and oxygen atoms in total. The van der Waals surface area contributed by atoms with E-state index < -0.39 is 0 Å². The van der Waals surface area contributed by atoms with Gasteiger partial charge < -0.3 is 0 Å².